The van der Waals surface area contributed by atoms with Crippen LogP contribution in [0.2, 0.25) is 0 Å². The van der Waals surface area contributed by atoms with Crippen LogP contribution in [0.1, 0.15) is 13.8 Å². The normalized spacial score (nSPS) is 15.3. The van der Waals surface area contributed by atoms with Crippen molar-refractivity contribution in [3.05, 3.63) is 6.07 Å². The number of rotatable bonds is 8. The van der Waals surface area contributed by atoms with Crippen LogP contribution in [-0.2, 0) is 9.53 Å². The van der Waals surface area contributed by atoms with Crippen LogP contribution < -0.4 is 14.2 Å². The standard InChI is InChI=1S/C13H17F3N2O6/c1-5-23-12(2,13(14,15)16)9(10(19)20)24-11-17-7(21-3)6-8(18-11)22-4/h6,9H,5H2,1-4H3,(H,19,20). The number of methoxy groups -OCH3 is 2. The van der Waals surface area contributed by atoms with Crippen molar-refractivity contribution in [2.45, 2.75) is 31.7 Å². The molecule has 0 aliphatic heterocycles. The molecule has 1 aromatic heterocycles. The molecule has 2 atom stereocenters. The zero-order chi connectivity index (χ0) is 18.5. The molecule has 0 aliphatic rings. The highest BCUT2D eigenvalue weighted by molar-refractivity contribution is 5.74. The molecule has 136 valence electrons. The smallest absolute Gasteiger partial charge is 0.421 e. The van der Waals surface area contributed by atoms with Gasteiger partial charge >= 0.3 is 18.2 Å². The van der Waals surface area contributed by atoms with Gasteiger partial charge in [-0.2, -0.15) is 23.1 Å². The van der Waals surface area contributed by atoms with Crippen LogP contribution in [0.3, 0.4) is 0 Å². The van der Waals surface area contributed by atoms with Crippen LogP contribution in [-0.4, -0.2) is 59.8 Å². The Morgan fingerprint density at radius 2 is 1.75 bits per heavy atom. The minimum atomic E-state index is -5.02. The predicted molar refractivity (Wildman–Crippen MR) is 73.3 cm³/mol. The second kappa shape index (κ2) is 7.51. The fraction of sp³-hybridized carbons (Fsp3) is 0.615. The fourth-order valence-electron chi connectivity index (χ4n) is 1.76. The van der Waals surface area contributed by atoms with E-state index < -0.39 is 29.9 Å². The summed E-state index contributed by atoms with van der Waals surface area (Å²) >= 11 is 0. The Hall–Kier alpha value is -2.30. The molecule has 2 unspecified atom stereocenters. The molecule has 0 saturated heterocycles. The van der Waals surface area contributed by atoms with Crippen LogP contribution >= 0.6 is 0 Å². The molecule has 8 nitrogen and oxygen atoms in total. The molecule has 0 saturated carbocycles. The van der Waals surface area contributed by atoms with Gasteiger partial charge in [-0.05, 0) is 13.8 Å². The molecule has 0 radical (unpaired) electrons. The average Bonchev–Trinajstić information content (AvgIpc) is 2.50. The Morgan fingerprint density at radius 1 is 1.25 bits per heavy atom. The first-order valence-corrected chi connectivity index (χ1v) is 6.66. The van der Waals surface area contributed by atoms with Gasteiger partial charge < -0.3 is 24.1 Å². The molecule has 0 aliphatic carbocycles. The molecule has 0 bridgehead atoms. The van der Waals surface area contributed by atoms with E-state index in [0.29, 0.717) is 6.92 Å². The maximum Gasteiger partial charge on any atom is 0.421 e. The van der Waals surface area contributed by atoms with E-state index in [2.05, 4.69) is 14.7 Å². The fourth-order valence-corrected chi connectivity index (χ4v) is 1.76. The van der Waals surface area contributed by atoms with Crippen molar-refractivity contribution < 1.29 is 42.0 Å². The molecular formula is C13H17F3N2O6. The zero-order valence-corrected chi connectivity index (χ0v) is 13.4. The molecule has 1 aromatic rings. The van der Waals surface area contributed by atoms with E-state index in [1.54, 1.807) is 0 Å². The minimum Gasteiger partial charge on any atom is -0.481 e. The lowest BCUT2D eigenvalue weighted by Gasteiger charge is -2.35. The lowest BCUT2D eigenvalue weighted by molar-refractivity contribution is -0.294. The van der Waals surface area contributed by atoms with Crippen molar-refractivity contribution in [2.24, 2.45) is 0 Å². The largest absolute Gasteiger partial charge is 0.481 e. The number of carboxylic acid groups (broad SMARTS) is 1. The SMILES string of the molecule is CCOC(C)(C(Oc1nc(OC)cc(OC)n1)C(=O)O)C(F)(F)F. The summed E-state index contributed by atoms with van der Waals surface area (Å²) in [5.41, 5.74) is -3.12. The van der Waals surface area contributed by atoms with Crippen molar-refractivity contribution in [1.29, 1.82) is 0 Å². The molecule has 1 heterocycles. The molecule has 0 fully saturated rings. The summed E-state index contributed by atoms with van der Waals surface area (Å²) in [5.74, 6) is -2.05. The highest BCUT2D eigenvalue weighted by atomic mass is 19.4. The third kappa shape index (κ3) is 4.16. The van der Waals surface area contributed by atoms with Gasteiger partial charge in [0.05, 0.1) is 20.3 Å². The van der Waals surface area contributed by atoms with Crippen LogP contribution in [0, 0.1) is 0 Å². The van der Waals surface area contributed by atoms with Crippen molar-refractivity contribution in [3.8, 4) is 17.8 Å². The lowest BCUT2D eigenvalue weighted by atomic mass is 9.98. The number of carboxylic acids is 1. The average molecular weight is 354 g/mol. The highest BCUT2D eigenvalue weighted by Crippen LogP contribution is 2.38. The molecular weight excluding hydrogens is 337 g/mol. The van der Waals surface area contributed by atoms with Gasteiger partial charge in [-0.1, -0.05) is 0 Å². The summed E-state index contributed by atoms with van der Waals surface area (Å²) in [6.07, 6.45) is -7.47. The van der Waals surface area contributed by atoms with E-state index in [1.165, 1.54) is 27.2 Å². The number of hydrogen-bond donors (Lipinski definition) is 1. The summed E-state index contributed by atoms with van der Waals surface area (Å²) in [6, 6.07) is 0.586. The van der Waals surface area contributed by atoms with Crippen LogP contribution in [0.5, 0.6) is 17.8 Å². The maximum atomic E-state index is 13.3. The van der Waals surface area contributed by atoms with Crippen molar-refractivity contribution in [2.75, 3.05) is 20.8 Å². The molecule has 0 amide bonds. The van der Waals surface area contributed by atoms with Crippen LogP contribution in [0.25, 0.3) is 0 Å². The van der Waals surface area contributed by atoms with E-state index in [9.17, 15) is 23.1 Å². The van der Waals surface area contributed by atoms with Crippen LogP contribution in [0.15, 0.2) is 6.07 Å². The summed E-state index contributed by atoms with van der Waals surface area (Å²) in [5, 5.41) is 9.19. The van der Waals surface area contributed by atoms with Gasteiger partial charge in [0.15, 0.2) is 0 Å². The number of nitrogens with zero attached hydrogens (tertiary/aromatic N) is 2. The molecule has 1 N–H and O–H groups in total. The summed E-state index contributed by atoms with van der Waals surface area (Å²) in [4.78, 5) is 18.7. The Labute approximate surface area is 135 Å². The van der Waals surface area contributed by atoms with Crippen molar-refractivity contribution in [3.63, 3.8) is 0 Å². The lowest BCUT2D eigenvalue weighted by Crippen LogP contribution is -2.59. The molecule has 24 heavy (non-hydrogen) atoms. The third-order valence-corrected chi connectivity index (χ3v) is 3.03. The van der Waals surface area contributed by atoms with E-state index in [4.69, 9.17) is 14.2 Å². The van der Waals surface area contributed by atoms with Gasteiger partial charge in [-0.25, -0.2) is 4.79 Å². The van der Waals surface area contributed by atoms with Crippen molar-refractivity contribution >= 4 is 5.97 Å². The van der Waals surface area contributed by atoms with Crippen LogP contribution in [0.4, 0.5) is 13.2 Å². The van der Waals surface area contributed by atoms with Gasteiger partial charge in [0.1, 0.15) is 0 Å². The topological polar surface area (TPSA) is 100 Å². The van der Waals surface area contributed by atoms with Crippen molar-refractivity contribution in [1.82, 2.24) is 9.97 Å². The second-order valence-electron chi connectivity index (χ2n) is 4.61. The van der Waals surface area contributed by atoms with Gasteiger partial charge in [0.25, 0.3) is 0 Å². The summed E-state index contributed by atoms with van der Waals surface area (Å²) in [6.45, 7) is 1.49. The molecule has 0 aromatic carbocycles. The number of ether oxygens (including phenoxy) is 4. The summed E-state index contributed by atoms with van der Waals surface area (Å²) < 4.78 is 59.2. The Bertz CT molecular complexity index is 561. The number of carbonyl (C=O) groups is 1. The van der Waals surface area contributed by atoms with Gasteiger partial charge in [0.2, 0.25) is 23.5 Å². The number of aliphatic carboxylic acids is 1. The molecule has 11 heteroatoms. The Balaban J connectivity index is 3.29. The number of halogens is 3. The Kier molecular flexibility index (Phi) is 6.18. The number of alkyl halides is 3. The van der Waals surface area contributed by atoms with Gasteiger partial charge in [0, 0.05) is 6.61 Å². The van der Waals surface area contributed by atoms with Gasteiger partial charge in [-0.3, -0.25) is 0 Å². The zero-order valence-electron chi connectivity index (χ0n) is 13.4. The first kappa shape index (κ1) is 19.7. The minimum absolute atomic E-state index is 0.0777. The summed E-state index contributed by atoms with van der Waals surface area (Å²) in [7, 11) is 2.50. The molecule has 1 rings (SSSR count). The van der Waals surface area contributed by atoms with E-state index in [0.717, 1.165) is 0 Å². The molecule has 0 spiro atoms. The highest BCUT2D eigenvalue weighted by Gasteiger charge is 2.61. The second-order valence-corrected chi connectivity index (χ2v) is 4.61. The predicted octanol–water partition coefficient (Wildman–Crippen LogP) is 1.68. The quantitative estimate of drug-likeness (QED) is 0.753. The Morgan fingerprint density at radius 3 is 2.08 bits per heavy atom. The first-order chi connectivity index (χ1) is 11.1. The third-order valence-electron chi connectivity index (χ3n) is 3.03. The van der Waals surface area contributed by atoms with Gasteiger partial charge in [-0.15, -0.1) is 0 Å². The van der Waals surface area contributed by atoms with E-state index >= 15 is 0 Å². The monoisotopic (exact) mass is 354 g/mol. The van der Waals surface area contributed by atoms with E-state index in [1.807, 2.05) is 0 Å². The maximum absolute atomic E-state index is 13.3. The first-order valence-electron chi connectivity index (χ1n) is 6.66. The van der Waals surface area contributed by atoms with E-state index in [-0.39, 0.29) is 18.4 Å². The number of hydrogen-bond acceptors (Lipinski definition) is 7. The number of aromatic nitrogens is 2.